The lowest BCUT2D eigenvalue weighted by Gasteiger charge is -2.29. The number of ether oxygens (including phenoxy) is 1. The second-order valence-corrected chi connectivity index (χ2v) is 7.17. The zero-order chi connectivity index (χ0) is 16.8. The molecule has 0 aromatic heterocycles. The third-order valence-electron chi connectivity index (χ3n) is 4.70. The van der Waals surface area contributed by atoms with E-state index in [1.165, 1.54) is 0 Å². The zero-order valence-electron chi connectivity index (χ0n) is 12.8. The van der Waals surface area contributed by atoms with Crippen molar-refractivity contribution in [1.29, 1.82) is 0 Å². The van der Waals surface area contributed by atoms with E-state index in [2.05, 4.69) is 6.58 Å². The van der Waals surface area contributed by atoms with E-state index in [1.807, 2.05) is 12.1 Å². The predicted octanol–water partition coefficient (Wildman–Crippen LogP) is 4.20. The number of likely N-dealkylation sites (tertiary alicyclic amines) is 1. The van der Waals surface area contributed by atoms with Gasteiger partial charge in [-0.05, 0) is 30.5 Å². The number of hydrogen-bond donors (Lipinski definition) is 0. The van der Waals surface area contributed by atoms with Gasteiger partial charge in [-0.15, -0.1) is 0 Å². The van der Waals surface area contributed by atoms with E-state index in [-0.39, 0.29) is 11.7 Å². The number of amides is 1. The van der Waals surface area contributed by atoms with Crippen LogP contribution in [0, 0.1) is 5.92 Å². The third-order valence-corrected chi connectivity index (χ3v) is 5.44. The molecule has 0 bridgehead atoms. The second kappa shape index (κ2) is 5.84. The smallest absolute Gasteiger partial charge is 0.414 e. The van der Waals surface area contributed by atoms with Crippen molar-refractivity contribution in [3.8, 4) is 0 Å². The third kappa shape index (κ3) is 2.86. The number of benzene rings is 1. The number of carbonyl (C=O) groups is 2. The highest BCUT2D eigenvalue weighted by Crippen LogP contribution is 2.50. The van der Waals surface area contributed by atoms with Gasteiger partial charge in [-0.2, -0.15) is 0 Å². The Morgan fingerprint density at radius 3 is 2.78 bits per heavy atom. The van der Waals surface area contributed by atoms with Crippen LogP contribution in [-0.2, 0) is 14.9 Å². The lowest BCUT2D eigenvalue weighted by Crippen LogP contribution is -2.35. The first kappa shape index (κ1) is 16.3. The molecule has 1 heterocycles. The van der Waals surface area contributed by atoms with Crippen LogP contribution in [0.5, 0.6) is 0 Å². The Morgan fingerprint density at radius 2 is 2.13 bits per heavy atom. The van der Waals surface area contributed by atoms with Gasteiger partial charge in [0.1, 0.15) is 5.78 Å². The van der Waals surface area contributed by atoms with Crippen LogP contribution >= 0.6 is 23.2 Å². The van der Waals surface area contributed by atoms with Gasteiger partial charge in [-0.25, -0.2) is 4.79 Å². The standard InChI is InChI=1S/C17H17Cl2NO3/c1-10(2)23-16(22)20-8-12-5-13(21)7-17(12,9-20)11-3-4-14(18)15(19)6-11/h3-4,6,12H,1,5,7-9H2,2H3/t12-,17+/m1/s1. The number of fused-ring (bicyclic) bond motifs is 1. The minimum Gasteiger partial charge on any atom is -0.416 e. The molecule has 23 heavy (non-hydrogen) atoms. The summed E-state index contributed by atoms with van der Waals surface area (Å²) in [5, 5.41) is 0.934. The van der Waals surface area contributed by atoms with E-state index in [1.54, 1.807) is 17.9 Å². The van der Waals surface area contributed by atoms with E-state index >= 15 is 0 Å². The molecule has 0 spiro atoms. The summed E-state index contributed by atoms with van der Waals surface area (Å²) in [5.41, 5.74) is 0.549. The Morgan fingerprint density at radius 1 is 1.39 bits per heavy atom. The van der Waals surface area contributed by atoms with Crippen molar-refractivity contribution in [2.45, 2.75) is 25.2 Å². The van der Waals surface area contributed by atoms with Gasteiger partial charge in [0.2, 0.25) is 0 Å². The number of nitrogens with zero attached hydrogens (tertiary/aromatic N) is 1. The summed E-state index contributed by atoms with van der Waals surface area (Å²) in [7, 11) is 0. The van der Waals surface area contributed by atoms with Crippen molar-refractivity contribution in [1.82, 2.24) is 4.90 Å². The Bertz CT molecular complexity index is 703. The molecule has 3 rings (SSSR count). The summed E-state index contributed by atoms with van der Waals surface area (Å²) in [6.07, 6.45) is 0.461. The second-order valence-electron chi connectivity index (χ2n) is 6.35. The number of halogens is 2. The van der Waals surface area contributed by atoms with E-state index in [9.17, 15) is 9.59 Å². The molecular formula is C17H17Cl2NO3. The molecule has 1 aliphatic heterocycles. The number of hydrogen-bond acceptors (Lipinski definition) is 3. The molecule has 2 aliphatic rings. The first-order valence-electron chi connectivity index (χ1n) is 7.41. The molecule has 0 N–H and O–H groups in total. The van der Waals surface area contributed by atoms with Gasteiger partial charge >= 0.3 is 6.09 Å². The van der Waals surface area contributed by atoms with E-state index in [0.717, 1.165) is 5.56 Å². The fourth-order valence-electron chi connectivity index (χ4n) is 3.72. The number of rotatable bonds is 2. The SMILES string of the molecule is C=C(C)OC(=O)N1C[C@H]2CC(=O)C[C@@]2(c2ccc(Cl)c(Cl)c2)C1. The fourth-order valence-corrected chi connectivity index (χ4v) is 4.02. The Balaban J connectivity index is 1.93. The van der Waals surface area contributed by atoms with Gasteiger partial charge in [0.25, 0.3) is 0 Å². The summed E-state index contributed by atoms with van der Waals surface area (Å²) in [4.78, 5) is 25.9. The molecular weight excluding hydrogens is 337 g/mol. The monoisotopic (exact) mass is 353 g/mol. The highest BCUT2D eigenvalue weighted by molar-refractivity contribution is 6.42. The van der Waals surface area contributed by atoms with Crippen molar-refractivity contribution in [2.24, 2.45) is 5.92 Å². The molecule has 122 valence electrons. The molecule has 0 unspecified atom stereocenters. The van der Waals surface area contributed by atoms with Crippen molar-refractivity contribution >= 4 is 35.1 Å². The van der Waals surface area contributed by atoms with E-state index in [4.69, 9.17) is 27.9 Å². The maximum absolute atomic E-state index is 12.2. The highest BCUT2D eigenvalue weighted by Gasteiger charge is 2.55. The lowest BCUT2D eigenvalue weighted by molar-refractivity contribution is -0.118. The molecule has 1 saturated carbocycles. The number of ketones is 1. The molecule has 2 fully saturated rings. The van der Waals surface area contributed by atoms with E-state index < -0.39 is 11.5 Å². The summed E-state index contributed by atoms with van der Waals surface area (Å²) in [5.74, 6) is 0.644. The minimum atomic E-state index is -0.418. The predicted molar refractivity (Wildman–Crippen MR) is 88.7 cm³/mol. The van der Waals surface area contributed by atoms with Crippen LogP contribution in [-0.4, -0.2) is 29.9 Å². The van der Waals surface area contributed by atoms with E-state index in [0.29, 0.717) is 41.7 Å². The Kier molecular flexibility index (Phi) is 4.15. The topological polar surface area (TPSA) is 46.6 Å². The maximum atomic E-state index is 12.2. The van der Waals surface area contributed by atoms with Crippen molar-refractivity contribution < 1.29 is 14.3 Å². The first-order chi connectivity index (χ1) is 10.8. The molecule has 1 aliphatic carbocycles. The number of Topliss-reactive ketones (excluding diaryl/α,β-unsaturated/α-hetero) is 1. The molecule has 0 radical (unpaired) electrons. The van der Waals surface area contributed by atoms with Gasteiger partial charge in [0, 0.05) is 31.3 Å². The van der Waals surface area contributed by atoms with Crippen LogP contribution in [0.15, 0.2) is 30.5 Å². The highest BCUT2D eigenvalue weighted by atomic mass is 35.5. The molecule has 1 amide bonds. The van der Waals surface area contributed by atoms with Crippen LogP contribution in [0.25, 0.3) is 0 Å². The molecule has 4 nitrogen and oxygen atoms in total. The fraction of sp³-hybridized carbons (Fsp3) is 0.412. The molecule has 1 saturated heterocycles. The van der Waals surface area contributed by atoms with Crippen LogP contribution in [0.2, 0.25) is 10.0 Å². The van der Waals surface area contributed by atoms with Crippen LogP contribution < -0.4 is 0 Å². The molecule has 1 aromatic rings. The van der Waals surface area contributed by atoms with Crippen LogP contribution in [0.1, 0.15) is 25.3 Å². The Hall–Kier alpha value is -1.52. The molecule has 2 atom stereocenters. The van der Waals surface area contributed by atoms with Gasteiger partial charge in [-0.1, -0.05) is 35.8 Å². The average molecular weight is 354 g/mol. The van der Waals surface area contributed by atoms with Gasteiger partial charge < -0.3 is 9.64 Å². The molecule has 6 heteroatoms. The summed E-state index contributed by atoms with van der Waals surface area (Å²) in [6, 6.07) is 5.44. The van der Waals surface area contributed by atoms with Crippen molar-refractivity contribution in [2.75, 3.05) is 13.1 Å². The Labute approximate surface area is 145 Å². The average Bonchev–Trinajstić information content (AvgIpc) is 2.94. The number of allylic oxidation sites excluding steroid dienone is 1. The van der Waals surface area contributed by atoms with Crippen LogP contribution in [0.3, 0.4) is 0 Å². The van der Waals surface area contributed by atoms with Gasteiger partial charge in [0.05, 0.1) is 15.8 Å². The van der Waals surface area contributed by atoms with Crippen LogP contribution in [0.4, 0.5) is 4.79 Å². The number of carbonyl (C=O) groups excluding carboxylic acids is 2. The lowest BCUT2D eigenvalue weighted by atomic mass is 9.74. The maximum Gasteiger partial charge on any atom is 0.414 e. The van der Waals surface area contributed by atoms with Gasteiger partial charge in [-0.3, -0.25) is 4.79 Å². The van der Waals surface area contributed by atoms with Gasteiger partial charge in [0.15, 0.2) is 0 Å². The summed E-state index contributed by atoms with van der Waals surface area (Å²) < 4.78 is 5.11. The summed E-state index contributed by atoms with van der Waals surface area (Å²) >= 11 is 12.1. The quantitative estimate of drug-likeness (QED) is 0.748. The first-order valence-corrected chi connectivity index (χ1v) is 8.17. The zero-order valence-corrected chi connectivity index (χ0v) is 14.3. The minimum absolute atomic E-state index is 0.0740. The normalized spacial score (nSPS) is 26.3. The van der Waals surface area contributed by atoms with Crippen molar-refractivity contribution in [3.05, 3.63) is 46.1 Å². The van der Waals surface area contributed by atoms with Crippen molar-refractivity contribution in [3.63, 3.8) is 0 Å². The molecule has 1 aromatic carbocycles. The largest absolute Gasteiger partial charge is 0.416 e. The summed E-state index contributed by atoms with van der Waals surface area (Å²) in [6.45, 7) is 6.16.